The van der Waals surface area contributed by atoms with E-state index in [9.17, 15) is 19.5 Å². The average molecular weight is 1190 g/mol. The zero-order chi connectivity index (χ0) is 61.9. The van der Waals surface area contributed by atoms with Gasteiger partial charge in [0.25, 0.3) is 0 Å². The van der Waals surface area contributed by atoms with Crippen LogP contribution in [-0.4, -0.2) is 82.3 Å². The normalized spacial score (nSPS) is 13.3. The van der Waals surface area contributed by atoms with Gasteiger partial charge in [-0.1, -0.05) is 297 Å². The minimum Gasteiger partial charge on any atom is -0.545 e. The summed E-state index contributed by atoms with van der Waals surface area (Å²) in [4.78, 5) is 37.5. The smallest absolute Gasteiger partial charge is 0.306 e. The maximum atomic E-state index is 12.9. The van der Waals surface area contributed by atoms with Crippen molar-refractivity contribution in [2.24, 2.45) is 0 Å². The monoisotopic (exact) mass is 1190 g/mol. The number of carbonyl (C=O) groups is 3. The highest BCUT2D eigenvalue weighted by atomic mass is 16.7. The molecule has 0 aliphatic carbocycles. The first-order valence-electron chi connectivity index (χ1n) is 35.4. The van der Waals surface area contributed by atoms with Crippen molar-refractivity contribution in [3.63, 3.8) is 0 Å². The summed E-state index contributed by atoms with van der Waals surface area (Å²) in [6.07, 6.45) is 87.7. The Hall–Kier alpha value is -3.79. The molecule has 0 aromatic carbocycles. The van der Waals surface area contributed by atoms with Gasteiger partial charge in [0.1, 0.15) is 13.2 Å². The molecule has 0 aliphatic heterocycles. The van der Waals surface area contributed by atoms with Gasteiger partial charge < -0.3 is 33.3 Å². The van der Waals surface area contributed by atoms with E-state index < -0.39 is 24.3 Å². The molecule has 0 spiro atoms. The van der Waals surface area contributed by atoms with E-state index in [4.69, 9.17) is 18.9 Å². The fraction of sp³-hybridized carbons (Fsp3) is 0.750. The van der Waals surface area contributed by atoms with Gasteiger partial charge in [-0.3, -0.25) is 9.59 Å². The largest absolute Gasteiger partial charge is 0.545 e. The van der Waals surface area contributed by atoms with Crippen molar-refractivity contribution < 1.29 is 42.9 Å². The van der Waals surface area contributed by atoms with Crippen molar-refractivity contribution in [2.45, 2.75) is 322 Å². The van der Waals surface area contributed by atoms with Crippen LogP contribution in [-0.2, 0) is 33.3 Å². The quantitative estimate of drug-likeness (QED) is 0.0195. The molecule has 0 amide bonds. The van der Waals surface area contributed by atoms with Crippen LogP contribution in [0.1, 0.15) is 309 Å². The number of nitrogens with zero attached hydrogens (tertiary/aromatic N) is 1. The number of rotatable bonds is 65. The molecule has 0 radical (unpaired) electrons. The van der Waals surface area contributed by atoms with Gasteiger partial charge in [-0.05, 0) is 96.3 Å². The number of hydrogen-bond acceptors (Lipinski definition) is 8. The van der Waals surface area contributed by atoms with Crippen molar-refractivity contribution >= 4 is 17.9 Å². The maximum absolute atomic E-state index is 12.9. The SMILES string of the molecule is CC/C=C\C/C=C\C/C=C\C/C=C\C/C=C\C/C=C\C/C=C\CCCCCCCCCCCCCCCC(=O)OC(COC(=O)CCCCCCCCCCCCCCC/C=C\CCCCCCCCCC)COC(OCC[N+](C)(C)C)C(=O)[O-]. The summed E-state index contributed by atoms with van der Waals surface area (Å²) in [6.45, 7) is 4.66. The molecule has 0 heterocycles. The van der Waals surface area contributed by atoms with Crippen LogP contribution in [0.3, 0.4) is 0 Å². The molecule has 490 valence electrons. The zero-order valence-electron chi connectivity index (χ0n) is 56.0. The first kappa shape index (κ1) is 81.2. The third-order valence-electron chi connectivity index (χ3n) is 15.3. The van der Waals surface area contributed by atoms with Crippen LogP contribution >= 0.6 is 0 Å². The zero-order valence-corrected chi connectivity index (χ0v) is 56.0. The number of unbranched alkanes of at least 4 members (excludes halogenated alkanes) is 34. The highest BCUT2D eigenvalue weighted by molar-refractivity contribution is 5.70. The highest BCUT2D eigenvalue weighted by Gasteiger charge is 2.22. The Balaban J connectivity index is 4.12. The molecule has 0 aromatic heterocycles. The number of hydrogen-bond donors (Lipinski definition) is 0. The van der Waals surface area contributed by atoms with E-state index in [1.165, 1.54) is 193 Å². The minimum atomic E-state index is -1.63. The molecule has 2 unspecified atom stereocenters. The van der Waals surface area contributed by atoms with E-state index in [-0.39, 0.29) is 32.2 Å². The molecule has 0 rings (SSSR count). The lowest BCUT2D eigenvalue weighted by Crippen LogP contribution is -2.44. The van der Waals surface area contributed by atoms with Crippen LogP contribution in [0, 0.1) is 0 Å². The molecule has 9 nitrogen and oxygen atoms in total. The summed E-state index contributed by atoms with van der Waals surface area (Å²) >= 11 is 0. The van der Waals surface area contributed by atoms with Crippen LogP contribution < -0.4 is 5.11 Å². The average Bonchev–Trinajstić information content (AvgIpc) is 3.48. The van der Waals surface area contributed by atoms with Gasteiger partial charge in [0.05, 0.1) is 40.3 Å². The van der Waals surface area contributed by atoms with Crippen molar-refractivity contribution in [2.75, 3.05) is 47.5 Å². The lowest BCUT2D eigenvalue weighted by atomic mass is 10.0. The number of allylic oxidation sites excluding steroid dienone is 16. The van der Waals surface area contributed by atoms with Crippen molar-refractivity contribution in [1.29, 1.82) is 0 Å². The van der Waals surface area contributed by atoms with Gasteiger partial charge in [-0.25, -0.2) is 0 Å². The van der Waals surface area contributed by atoms with Gasteiger partial charge >= 0.3 is 11.9 Å². The molecule has 9 heteroatoms. The van der Waals surface area contributed by atoms with Gasteiger partial charge in [0.15, 0.2) is 12.4 Å². The van der Waals surface area contributed by atoms with Crippen molar-refractivity contribution in [1.82, 2.24) is 0 Å². The number of likely N-dealkylation sites (N-methyl/N-ethyl adjacent to an activating group) is 1. The molecule has 0 N–H and O–H groups in total. The number of esters is 2. The van der Waals surface area contributed by atoms with Gasteiger partial charge in [-0.15, -0.1) is 0 Å². The van der Waals surface area contributed by atoms with Crippen LogP contribution in [0.2, 0.25) is 0 Å². The summed E-state index contributed by atoms with van der Waals surface area (Å²) in [5, 5.41) is 11.8. The second-order valence-electron chi connectivity index (χ2n) is 24.8. The molecule has 0 aliphatic rings. The van der Waals surface area contributed by atoms with Gasteiger partial charge in [-0.2, -0.15) is 0 Å². The van der Waals surface area contributed by atoms with Gasteiger partial charge in [0.2, 0.25) is 0 Å². The standard InChI is InChI=1S/C76H133NO8/c1-6-8-10-12-14-16-18-20-22-24-26-28-30-32-33-34-35-36-37-38-39-40-41-43-45-47-49-51-53-55-57-59-61-63-65-67-74(79)85-72(71-84-76(75(80)81)82-69-68-77(3,4)5)70-83-73(78)66-64-62-60-58-56-54-52-50-48-46-44-42-31-29-27-25-23-21-19-17-15-13-11-9-7-2/h8,10,14,16,20,22,25-28,32-33,35-36,38-39,72,76H,6-7,9,11-13,15,17-19,21,23-24,29-31,34,37,40-71H2,1-5H3/b10-8-,16-14-,22-20-,27-25-,28-26-,33-32-,36-35-,39-38-. The number of ether oxygens (including phenoxy) is 4. The Morgan fingerprint density at radius 3 is 1.01 bits per heavy atom. The van der Waals surface area contributed by atoms with Crippen LogP contribution in [0.25, 0.3) is 0 Å². The molecular weight excluding hydrogens is 1050 g/mol. The molecule has 0 bridgehead atoms. The lowest BCUT2D eigenvalue weighted by molar-refractivity contribution is -0.870. The molecule has 2 atom stereocenters. The van der Waals surface area contributed by atoms with Crippen molar-refractivity contribution in [3.05, 3.63) is 97.2 Å². The number of carboxylic acid groups (broad SMARTS) is 1. The summed E-state index contributed by atoms with van der Waals surface area (Å²) in [7, 11) is 5.93. The predicted octanol–water partition coefficient (Wildman–Crippen LogP) is 20.7. The first-order valence-corrected chi connectivity index (χ1v) is 35.4. The second kappa shape index (κ2) is 66.2. The van der Waals surface area contributed by atoms with E-state index >= 15 is 0 Å². The topological polar surface area (TPSA) is 111 Å². The third kappa shape index (κ3) is 67.6. The van der Waals surface area contributed by atoms with E-state index in [2.05, 4.69) is 111 Å². The molecule has 0 saturated carbocycles. The molecular formula is C76H133NO8. The third-order valence-corrected chi connectivity index (χ3v) is 15.3. The predicted molar refractivity (Wildman–Crippen MR) is 361 cm³/mol. The van der Waals surface area contributed by atoms with E-state index in [0.717, 1.165) is 83.5 Å². The fourth-order valence-corrected chi connectivity index (χ4v) is 9.93. The Bertz CT molecular complexity index is 1720. The summed E-state index contributed by atoms with van der Waals surface area (Å²) < 4.78 is 22.8. The Morgan fingerprint density at radius 1 is 0.365 bits per heavy atom. The first-order chi connectivity index (χ1) is 41.6. The molecule has 0 saturated heterocycles. The Morgan fingerprint density at radius 2 is 0.671 bits per heavy atom. The second-order valence-corrected chi connectivity index (χ2v) is 24.8. The fourth-order valence-electron chi connectivity index (χ4n) is 9.93. The summed E-state index contributed by atoms with van der Waals surface area (Å²) in [5.74, 6) is -2.27. The highest BCUT2D eigenvalue weighted by Crippen LogP contribution is 2.17. The Kier molecular flexibility index (Phi) is 63.2. The Labute approximate surface area is 524 Å². The number of carboxylic acids is 1. The van der Waals surface area contributed by atoms with Crippen LogP contribution in [0.5, 0.6) is 0 Å². The number of quaternary nitrogens is 1. The number of carbonyl (C=O) groups excluding carboxylic acids is 3. The van der Waals surface area contributed by atoms with Crippen molar-refractivity contribution in [3.8, 4) is 0 Å². The van der Waals surface area contributed by atoms with Crippen LogP contribution in [0.4, 0.5) is 0 Å². The van der Waals surface area contributed by atoms with E-state index in [1.54, 1.807) is 0 Å². The molecule has 0 aromatic rings. The minimum absolute atomic E-state index is 0.145. The van der Waals surface area contributed by atoms with Gasteiger partial charge in [0, 0.05) is 12.8 Å². The number of aliphatic carboxylic acids is 1. The van der Waals surface area contributed by atoms with Crippen LogP contribution in [0.15, 0.2) is 97.2 Å². The molecule has 85 heavy (non-hydrogen) atoms. The lowest BCUT2D eigenvalue weighted by Gasteiger charge is -2.26. The summed E-state index contributed by atoms with van der Waals surface area (Å²) in [6, 6.07) is 0. The maximum Gasteiger partial charge on any atom is 0.306 e. The van der Waals surface area contributed by atoms with E-state index in [0.29, 0.717) is 23.9 Å². The summed E-state index contributed by atoms with van der Waals surface area (Å²) in [5.41, 5.74) is 0. The van der Waals surface area contributed by atoms with E-state index in [1.807, 2.05) is 21.1 Å². The molecule has 0 fully saturated rings.